The van der Waals surface area contributed by atoms with E-state index >= 15 is 0 Å². The first-order chi connectivity index (χ1) is 9.98. The SMILES string of the molecule is CN(CCC(N)c1cccc(F)c1)CC1(O)CCOCC1. The highest BCUT2D eigenvalue weighted by molar-refractivity contribution is 5.19. The van der Waals surface area contributed by atoms with Gasteiger partial charge in [-0.05, 0) is 37.7 Å². The van der Waals surface area contributed by atoms with Crippen molar-refractivity contribution in [3.63, 3.8) is 0 Å². The Hall–Kier alpha value is -1.01. The number of aliphatic hydroxyl groups is 1. The van der Waals surface area contributed by atoms with Crippen LogP contribution in [0.2, 0.25) is 0 Å². The summed E-state index contributed by atoms with van der Waals surface area (Å²) in [6.45, 7) is 2.62. The van der Waals surface area contributed by atoms with Gasteiger partial charge in [-0.1, -0.05) is 12.1 Å². The molecule has 1 heterocycles. The first-order valence-corrected chi connectivity index (χ1v) is 7.48. The van der Waals surface area contributed by atoms with Crippen LogP contribution in [0.25, 0.3) is 0 Å². The minimum Gasteiger partial charge on any atom is -0.388 e. The van der Waals surface area contributed by atoms with E-state index in [4.69, 9.17) is 10.5 Å². The van der Waals surface area contributed by atoms with Crippen molar-refractivity contribution in [2.24, 2.45) is 5.73 Å². The number of halogens is 1. The van der Waals surface area contributed by atoms with Gasteiger partial charge in [-0.2, -0.15) is 0 Å². The molecule has 0 aliphatic carbocycles. The number of hydrogen-bond donors (Lipinski definition) is 2. The summed E-state index contributed by atoms with van der Waals surface area (Å²) < 4.78 is 18.5. The third-order valence-corrected chi connectivity index (χ3v) is 4.09. The molecule has 118 valence electrons. The van der Waals surface area contributed by atoms with E-state index < -0.39 is 5.60 Å². The first kappa shape index (κ1) is 16.4. The van der Waals surface area contributed by atoms with Gasteiger partial charge < -0.3 is 20.5 Å². The summed E-state index contributed by atoms with van der Waals surface area (Å²) in [5.74, 6) is -0.257. The van der Waals surface area contributed by atoms with Crippen LogP contribution in [0, 0.1) is 5.82 Å². The lowest BCUT2D eigenvalue weighted by Gasteiger charge is -2.35. The molecule has 0 bridgehead atoms. The van der Waals surface area contributed by atoms with Crippen LogP contribution < -0.4 is 5.73 Å². The van der Waals surface area contributed by atoms with E-state index in [1.165, 1.54) is 12.1 Å². The second-order valence-corrected chi connectivity index (χ2v) is 6.02. The molecule has 0 spiro atoms. The molecule has 1 unspecified atom stereocenters. The highest BCUT2D eigenvalue weighted by atomic mass is 19.1. The molecule has 1 aromatic rings. The van der Waals surface area contributed by atoms with Crippen LogP contribution in [0.15, 0.2) is 24.3 Å². The fraction of sp³-hybridized carbons (Fsp3) is 0.625. The molecule has 2 rings (SSSR count). The van der Waals surface area contributed by atoms with Gasteiger partial charge in [0.15, 0.2) is 0 Å². The van der Waals surface area contributed by atoms with Crippen LogP contribution in [-0.2, 0) is 4.74 Å². The van der Waals surface area contributed by atoms with E-state index in [1.54, 1.807) is 6.07 Å². The lowest BCUT2D eigenvalue weighted by molar-refractivity contribution is -0.0770. The van der Waals surface area contributed by atoms with Gasteiger partial charge in [-0.25, -0.2) is 4.39 Å². The highest BCUT2D eigenvalue weighted by Gasteiger charge is 2.30. The molecule has 1 saturated heterocycles. The summed E-state index contributed by atoms with van der Waals surface area (Å²) in [7, 11) is 1.98. The van der Waals surface area contributed by atoms with E-state index in [0.717, 1.165) is 18.5 Å². The molecular formula is C16H25FN2O2. The molecular weight excluding hydrogens is 271 g/mol. The smallest absolute Gasteiger partial charge is 0.123 e. The van der Waals surface area contributed by atoms with Crippen LogP contribution in [0.1, 0.15) is 30.9 Å². The van der Waals surface area contributed by atoms with Gasteiger partial charge in [0.2, 0.25) is 0 Å². The van der Waals surface area contributed by atoms with Crippen molar-refractivity contribution in [1.29, 1.82) is 0 Å². The summed E-state index contributed by atoms with van der Waals surface area (Å²) in [4.78, 5) is 2.09. The topological polar surface area (TPSA) is 58.7 Å². The number of likely N-dealkylation sites (N-methyl/N-ethyl adjacent to an activating group) is 1. The van der Waals surface area contributed by atoms with Crippen LogP contribution in [-0.4, -0.2) is 49.0 Å². The van der Waals surface area contributed by atoms with Crippen molar-refractivity contribution >= 4 is 0 Å². The maximum atomic E-state index is 13.2. The van der Waals surface area contributed by atoms with Gasteiger partial charge in [0, 0.05) is 38.6 Å². The average Bonchev–Trinajstić information content (AvgIpc) is 2.45. The molecule has 1 aromatic carbocycles. The van der Waals surface area contributed by atoms with Gasteiger partial charge in [-0.15, -0.1) is 0 Å². The number of ether oxygens (including phenoxy) is 1. The minimum absolute atomic E-state index is 0.188. The summed E-state index contributed by atoms with van der Waals surface area (Å²) >= 11 is 0. The Morgan fingerprint density at radius 3 is 2.81 bits per heavy atom. The molecule has 0 amide bonds. The predicted molar refractivity (Wildman–Crippen MR) is 80.4 cm³/mol. The Bertz CT molecular complexity index is 450. The van der Waals surface area contributed by atoms with Crippen LogP contribution >= 0.6 is 0 Å². The molecule has 0 radical (unpaired) electrons. The van der Waals surface area contributed by atoms with Crippen LogP contribution in [0.4, 0.5) is 4.39 Å². The minimum atomic E-state index is -0.657. The van der Waals surface area contributed by atoms with Gasteiger partial charge >= 0.3 is 0 Å². The fourth-order valence-electron chi connectivity index (χ4n) is 2.75. The first-order valence-electron chi connectivity index (χ1n) is 7.48. The van der Waals surface area contributed by atoms with Crippen LogP contribution in [0.3, 0.4) is 0 Å². The zero-order chi connectivity index (χ0) is 15.3. The lowest BCUT2D eigenvalue weighted by atomic mass is 9.93. The van der Waals surface area contributed by atoms with Gasteiger partial charge in [0.1, 0.15) is 5.82 Å². The zero-order valence-electron chi connectivity index (χ0n) is 12.6. The summed E-state index contributed by atoms with van der Waals surface area (Å²) in [6.07, 6.45) is 2.08. The molecule has 0 saturated carbocycles. The molecule has 1 aliphatic heterocycles. The van der Waals surface area contributed by atoms with Crippen molar-refractivity contribution in [1.82, 2.24) is 4.90 Å². The van der Waals surface area contributed by atoms with E-state index in [-0.39, 0.29) is 11.9 Å². The van der Waals surface area contributed by atoms with E-state index in [2.05, 4.69) is 4.90 Å². The Balaban J connectivity index is 1.79. The van der Waals surface area contributed by atoms with Crippen molar-refractivity contribution in [2.75, 3.05) is 33.4 Å². The number of benzene rings is 1. The van der Waals surface area contributed by atoms with Crippen LogP contribution in [0.5, 0.6) is 0 Å². The molecule has 5 heteroatoms. The van der Waals surface area contributed by atoms with E-state index in [1.807, 2.05) is 13.1 Å². The van der Waals surface area contributed by atoms with Crippen molar-refractivity contribution < 1.29 is 14.2 Å². The standard InChI is InChI=1S/C16H25FN2O2/c1-19(12-16(20)6-9-21-10-7-16)8-5-15(18)13-3-2-4-14(17)11-13/h2-4,11,15,20H,5-10,12,18H2,1H3. The Kier molecular flexibility index (Phi) is 5.70. The molecule has 1 atom stereocenters. The molecule has 0 aromatic heterocycles. The monoisotopic (exact) mass is 296 g/mol. The molecule has 21 heavy (non-hydrogen) atoms. The highest BCUT2D eigenvalue weighted by Crippen LogP contribution is 2.22. The summed E-state index contributed by atoms with van der Waals surface area (Å²) in [5.41, 5.74) is 6.26. The molecule has 1 aliphatic rings. The van der Waals surface area contributed by atoms with Crippen molar-refractivity contribution in [2.45, 2.75) is 30.9 Å². The maximum absolute atomic E-state index is 13.2. The number of nitrogens with zero attached hydrogens (tertiary/aromatic N) is 1. The van der Waals surface area contributed by atoms with Crippen molar-refractivity contribution in [3.8, 4) is 0 Å². The normalized spacial score (nSPS) is 19.7. The second kappa shape index (κ2) is 7.31. The molecule has 1 fully saturated rings. The van der Waals surface area contributed by atoms with Crippen molar-refractivity contribution in [3.05, 3.63) is 35.6 Å². The quantitative estimate of drug-likeness (QED) is 0.839. The van der Waals surface area contributed by atoms with Gasteiger partial charge in [0.25, 0.3) is 0 Å². The Morgan fingerprint density at radius 1 is 1.43 bits per heavy atom. The zero-order valence-corrected chi connectivity index (χ0v) is 12.6. The summed E-state index contributed by atoms with van der Waals surface area (Å²) in [6, 6.07) is 6.24. The average molecular weight is 296 g/mol. The fourth-order valence-corrected chi connectivity index (χ4v) is 2.75. The Labute approximate surface area is 125 Å². The van der Waals surface area contributed by atoms with E-state index in [9.17, 15) is 9.50 Å². The van der Waals surface area contributed by atoms with E-state index in [0.29, 0.717) is 32.6 Å². The third kappa shape index (κ3) is 5.04. The van der Waals surface area contributed by atoms with Gasteiger partial charge in [0.05, 0.1) is 5.60 Å². The summed E-state index contributed by atoms with van der Waals surface area (Å²) in [5, 5.41) is 10.5. The maximum Gasteiger partial charge on any atom is 0.123 e. The largest absolute Gasteiger partial charge is 0.388 e. The number of rotatable bonds is 6. The van der Waals surface area contributed by atoms with Gasteiger partial charge in [-0.3, -0.25) is 0 Å². The predicted octanol–water partition coefficient (Wildman–Crippen LogP) is 1.69. The Morgan fingerprint density at radius 2 is 2.14 bits per heavy atom. The number of nitrogens with two attached hydrogens (primary N) is 1. The number of hydrogen-bond acceptors (Lipinski definition) is 4. The molecule has 3 N–H and O–H groups in total. The molecule has 4 nitrogen and oxygen atoms in total. The second-order valence-electron chi connectivity index (χ2n) is 6.02. The lowest BCUT2D eigenvalue weighted by Crippen LogP contribution is -2.46. The third-order valence-electron chi connectivity index (χ3n) is 4.09.